The Balaban J connectivity index is 2.51. The van der Waals surface area contributed by atoms with Crippen LogP contribution >= 0.6 is 0 Å². The third-order valence-corrected chi connectivity index (χ3v) is 2.75. The monoisotopic (exact) mass is 297 g/mol. The highest BCUT2D eigenvalue weighted by molar-refractivity contribution is 5.92. The van der Waals surface area contributed by atoms with E-state index in [9.17, 15) is 18.0 Å². The number of carboxylic acids is 1. The molecule has 0 bridgehead atoms. The molecule has 2 aromatic rings. The number of pyridine rings is 1. The van der Waals surface area contributed by atoms with Crippen LogP contribution in [-0.4, -0.2) is 22.4 Å². The van der Waals surface area contributed by atoms with Crippen molar-refractivity contribution in [2.75, 3.05) is 0 Å². The lowest BCUT2D eigenvalue weighted by Crippen LogP contribution is -2.19. The number of rotatable bonds is 3. The van der Waals surface area contributed by atoms with E-state index in [1.54, 1.807) is 25.3 Å². The Morgan fingerprint density at radius 3 is 2.57 bits per heavy atom. The van der Waals surface area contributed by atoms with Gasteiger partial charge >= 0.3 is 12.3 Å². The van der Waals surface area contributed by atoms with Gasteiger partial charge in [0.05, 0.1) is 0 Å². The summed E-state index contributed by atoms with van der Waals surface area (Å²) < 4.78 is 40.5. The maximum Gasteiger partial charge on any atom is 0.573 e. The molecule has 1 heterocycles. The number of carboxylic acid groups (broad SMARTS) is 1. The summed E-state index contributed by atoms with van der Waals surface area (Å²) in [7, 11) is 0. The van der Waals surface area contributed by atoms with Crippen LogP contribution in [0.25, 0.3) is 11.1 Å². The molecule has 0 saturated heterocycles. The number of nitrogens with zero attached hydrogens (tertiary/aromatic N) is 1. The van der Waals surface area contributed by atoms with E-state index < -0.39 is 23.6 Å². The predicted octanol–water partition coefficient (Wildman–Crippen LogP) is 3.65. The molecule has 0 atom stereocenters. The predicted molar refractivity (Wildman–Crippen MR) is 68.1 cm³/mol. The first-order valence-corrected chi connectivity index (χ1v) is 5.83. The van der Waals surface area contributed by atoms with Crippen LogP contribution in [0.15, 0.2) is 36.5 Å². The Hall–Kier alpha value is -2.57. The third-order valence-electron chi connectivity index (χ3n) is 2.75. The van der Waals surface area contributed by atoms with Crippen LogP contribution in [0.5, 0.6) is 5.75 Å². The number of ether oxygens (including phenoxy) is 1. The van der Waals surface area contributed by atoms with Crippen molar-refractivity contribution in [3.8, 4) is 16.9 Å². The van der Waals surface area contributed by atoms with Crippen LogP contribution in [-0.2, 0) is 0 Å². The molecule has 1 aromatic carbocycles. The van der Waals surface area contributed by atoms with E-state index in [-0.39, 0.29) is 0 Å². The van der Waals surface area contributed by atoms with Crippen molar-refractivity contribution in [1.29, 1.82) is 0 Å². The fraction of sp³-hybridized carbons (Fsp3) is 0.143. The second kappa shape index (κ2) is 5.43. The Morgan fingerprint density at radius 2 is 2.00 bits per heavy atom. The molecule has 0 aliphatic rings. The summed E-state index contributed by atoms with van der Waals surface area (Å²) in [5, 5.41) is 9.04. The standard InChI is InChI=1S/C14H10F3NO3/c1-8-10(3-2-6-18-8)9-4-5-12(21-14(15,16)17)11(7-9)13(19)20/h2-7H,1H3,(H,19,20). The highest BCUT2D eigenvalue weighted by Crippen LogP contribution is 2.31. The average Bonchev–Trinajstić information content (AvgIpc) is 2.38. The Labute approximate surface area is 117 Å². The van der Waals surface area contributed by atoms with E-state index in [4.69, 9.17) is 5.11 Å². The number of aryl methyl sites for hydroxylation is 1. The molecule has 21 heavy (non-hydrogen) atoms. The molecule has 0 fully saturated rings. The SMILES string of the molecule is Cc1ncccc1-c1ccc(OC(F)(F)F)c(C(=O)O)c1. The molecule has 2 rings (SSSR count). The molecule has 7 heteroatoms. The Morgan fingerprint density at radius 1 is 1.29 bits per heavy atom. The number of alkyl halides is 3. The van der Waals surface area contributed by atoms with E-state index in [0.717, 1.165) is 12.1 Å². The van der Waals surface area contributed by atoms with Gasteiger partial charge in [-0.05, 0) is 30.7 Å². The first kappa shape index (κ1) is 14.8. The number of aromatic carboxylic acids is 1. The van der Waals surface area contributed by atoms with Gasteiger partial charge < -0.3 is 9.84 Å². The minimum Gasteiger partial charge on any atom is -0.478 e. The van der Waals surface area contributed by atoms with Crippen molar-refractivity contribution in [3.63, 3.8) is 0 Å². The average molecular weight is 297 g/mol. The van der Waals surface area contributed by atoms with Crippen molar-refractivity contribution in [2.24, 2.45) is 0 Å². The Kier molecular flexibility index (Phi) is 3.84. The van der Waals surface area contributed by atoms with E-state index in [1.807, 2.05) is 0 Å². The van der Waals surface area contributed by atoms with Crippen molar-refractivity contribution in [2.45, 2.75) is 13.3 Å². The van der Waals surface area contributed by atoms with Gasteiger partial charge in [-0.15, -0.1) is 13.2 Å². The normalized spacial score (nSPS) is 11.2. The van der Waals surface area contributed by atoms with Gasteiger partial charge in [0.25, 0.3) is 0 Å². The molecule has 4 nitrogen and oxygen atoms in total. The van der Waals surface area contributed by atoms with Crippen LogP contribution in [0.3, 0.4) is 0 Å². The van der Waals surface area contributed by atoms with Gasteiger partial charge in [-0.1, -0.05) is 12.1 Å². The maximum atomic E-state index is 12.2. The zero-order chi connectivity index (χ0) is 15.6. The molecule has 0 radical (unpaired) electrons. The van der Waals surface area contributed by atoms with Crippen molar-refractivity contribution in [3.05, 3.63) is 47.8 Å². The minimum absolute atomic E-state index is 0.451. The zero-order valence-electron chi connectivity index (χ0n) is 10.8. The molecule has 1 N–H and O–H groups in total. The molecule has 110 valence electrons. The lowest BCUT2D eigenvalue weighted by atomic mass is 10.0. The molecule has 0 saturated carbocycles. The second-order valence-corrected chi connectivity index (χ2v) is 4.20. The van der Waals surface area contributed by atoms with Gasteiger partial charge in [0.15, 0.2) is 0 Å². The number of hydrogen-bond acceptors (Lipinski definition) is 3. The van der Waals surface area contributed by atoms with Crippen LogP contribution in [0.1, 0.15) is 16.1 Å². The highest BCUT2D eigenvalue weighted by atomic mass is 19.4. The number of halogens is 3. The number of aromatic nitrogens is 1. The number of carbonyl (C=O) groups is 1. The summed E-state index contributed by atoms with van der Waals surface area (Å²) in [5.74, 6) is -2.25. The first-order valence-electron chi connectivity index (χ1n) is 5.83. The van der Waals surface area contributed by atoms with Gasteiger partial charge in [-0.25, -0.2) is 4.79 Å². The molecule has 0 spiro atoms. The summed E-state index contributed by atoms with van der Waals surface area (Å²) in [5.41, 5.74) is 1.16. The topological polar surface area (TPSA) is 59.4 Å². The molecular formula is C14H10F3NO3. The van der Waals surface area contributed by atoms with Crippen molar-refractivity contribution in [1.82, 2.24) is 4.98 Å². The summed E-state index contributed by atoms with van der Waals surface area (Å²) in [6, 6.07) is 6.83. The highest BCUT2D eigenvalue weighted by Gasteiger charge is 2.33. The lowest BCUT2D eigenvalue weighted by Gasteiger charge is -2.13. The lowest BCUT2D eigenvalue weighted by molar-refractivity contribution is -0.274. The molecule has 0 aliphatic carbocycles. The van der Waals surface area contributed by atoms with Gasteiger partial charge in [0.1, 0.15) is 11.3 Å². The molecule has 0 amide bonds. The van der Waals surface area contributed by atoms with E-state index >= 15 is 0 Å². The molecule has 1 aromatic heterocycles. The maximum absolute atomic E-state index is 12.2. The van der Waals surface area contributed by atoms with Crippen molar-refractivity contribution < 1.29 is 27.8 Å². The second-order valence-electron chi connectivity index (χ2n) is 4.20. The summed E-state index contributed by atoms with van der Waals surface area (Å²) >= 11 is 0. The van der Waals surface area contributed by atoms with Gasteiger partial charge in [-0.2, -0.15) is 0 Å². The third kappa shape index (κ3) is 3.50. The van der Waals surface area contributed by atoms with Crippen LogP contribution in [0, 0.1) is 6.92 Å². The van der Waals surface area contributed by atoms with Crippen LogP contribution in [0.4, 0.5) is 13.2 Å². The minimum atomic E-state index is -4.95. The van der Waals surface area contributed by atoms with Crippen LogP contribution < -0.4 is 4.74 Å². The summed E-state index contributed by atoms with van der Waals surface area (Å²) in [6.07, 6.45) is -3.38. The van der Waals surface area contributed by atoms with E-state index in [0.29, 0.717) is 16.8 Å². The number of hydrogen-bond donors (Lipinski definition) is 1. The zero-order valence-corrected chi connectivity index (χ0v) is 10.8. The van der Waals surface area contributed by atoms with Gasteiger partial charge in [0, 0.05) is 17.5 Å². The van der Waals surface area contributed by atoms with Crippen molar-refractivity contribution >= 4 is 5.97 Å². The molecular weight excluding hydrogens is 287 g/mol. The smallest absolute Gasteiger partial charge is 0.478 e. The van der Waals surface area contributed by atoms with E-state index in [2.05, 4.69) is 9.72 Å². The van der Waals surface area contributed by atoms with Crippen LogP contribution in [0.2, 0.25) is 0 Å². The van der Waals surface area contributed by atoms with Gasteiger partial charge in [0.2, 0.25) is 0 Å². The summed E-state index contributed by atoms with van der Waals surface area (Å²) in [6.45, 7) is 1.72. The fourth-order valence-corrected chi connectivity index (χ4v) is 1.87. The largest absolute Gasteiger partial charge is 0.573 e. The van der Waals surface area contributed by atoms with E-state index in [1.165, 1.54) is 6.07 Å². The number of benzene rings is 1. The summed E-state index contributed by atoms with van der Waals surface area (Å²) in [4.78, 5) is 15.2. The Bertz CT molecular complexity index is 683. The van der Waals surface area contributed by atoms with Gasteiger partial charge in [-0.3, -0.25) is 4.98 Å². The molecule has 0 unspecified atom stereocenters. The fourth-order valence-electron chi connectivity index (χ4n) is 1.87. The quantitative estimate of drug-likeness (QED) is 0.939. The molecule has 0 aliphatic heterocycles. The first-order chi connectivity index (χ1) is 9.78.